The Morgan fingerprint density at radius 2 is 2.25 bits per heavy atom. The van der Waals surface area contributed by atoms with Gasteiger partial charge in [-0.2, -0.15) is 0 Å². The molecule has 1 aromatic carbocycles. The highest BCUT2D eigenvalue weighted by Crippen LogP contribution is 2.23. The first kappa shape index (κ1) is 9.07. The van der Waals surface area contributed by atoms with Crippen LogP contribution in [0.2, 0.25) is 5.02 Å². The molecule has 0 aliphatic heterocycles. The van der Waals surface area contributed by atoms with Crippen molar-refractivity contribution in [2.75, 3.05) is 0 Å². The lowest BCUT2D eigenvalue weighted by molar-refractivity contribution is -0.116. The van der Waals surface area contributed by atoms with Gasteiger partial charge in [-0.1, -0.05) is 17.7 Å². The maximum atomic E-state index is 10.7. The van der Waals surface area contributed by atoms with Crippen LogP contribution in [0.5, 0.6) is 5.75 Å². The van der Waals surface area contributed by atoms with E-state index in [4.69, 9.17) is 16.7 Å². The minimum absolute atomic E-state index is 0.0453. The second kappa shape index (κ2) is 3.59. The smallest absolute Gasteiger partial charge is 0.134 e. The van der Waals surface area contributed by atoms with E-state index >= 15 is 0 Å². The standard InChI is InChI=1S/C9H9ClO2/c1-6(11)4-7-2-3-9(12)8(10)5-7/h2-3,5,12H,4H2,1H3. The summed E-state index contributed by atoms with van der Waals surface area (Å²) in [5.41, 5.74) is 0.824. The number of aromatic hydroxyl groups is 1. The van der Waals surface area contributed by atoms with E-state index < -0.39 is 0 Å². The number of carbonyl (C=O) groups is 1. The highest BCUT2D eigenvalue weighted by Gasteiger charge is 2.01. The van der Waals surface area contributed by atoms with E-state index in [1.165, 1.54) is 13.0 Å². The van der Waals surface area contributed by atoms with E-state index in [-0.39, 0.29) is 16.6 Å². The number of hydrogen-bond donors (Lipinski definition) is 1. The van der Waals surface area contributed by atoms with Crippen molar-refractivity contribution in [1.29, 1.82) is 0 Å². The molecule has 64 valence electrons. The van der Waals surface area contributed by atoms with E-state index in [0.29, 0.717) is 6.42 Å². The number of rotatable bonds is 2. The van der Waals surface area contributed by atoms with E-state index in [1.807, 2.05) is 0 Å². The van der Waals surface area contributed by atoms with Gasteiger partial charge in [0.2, 0.25) is 0 Å². The average molecular weight is 185 g/mol. The van der Waals surface area contributed by atoms with Crippen molar-refractivity contribution in [1.82, 2.24) is 0 Å². The summed E-state index contributed by atoms with van der Waals surface area (Å²) in [5, 5.41) is 9.35. The Morgan fingerprint density at radius 1 is 1.58 bits per heavy atom. The molecule has 3 heteroatoms. The topological polar surface area (TPSA) is 37.3 Å². The third-order valence-electron chi connectivity index (χ3n) is 1.47. The zero-order chi connectivity index (χ0) is 9.14. The van der Waals surface area contributed by atoms with Crippen molar-refractivity contribution in [2.45, 2.75) is 13.3 Å². The fourth-order valence-corrected chi connectivity index (χ4v) is 1.15. The number of carbonyl (C=O) groups excluding carboxylic acids is 1. The summed E-state index contributed by atoms with van der Waals surface area (Å²) in [4.78, 5) is 10.7. The van der Waals surface area contributed by atoms with Crippen LogP contribution in [0.15, 0.2) is 18.2 Å². The van der Waals surface area contributed by atoms with Gasteiger partial charge in [-0.25, -0.2) is 0 Å². The van der Waals surface area contributed by atoms with Crippen LogP contribution >= 0.6 is 11.6 Å². The van der Waals surface area contributed by atoms with Gasteiger partial charge < -0.3 is 5.11 Å². The zero-order valence-electron chi connectivity index (χ0n) is 6.67. The van der Waals surface area contributed by atoms with Gasteiger partial charge in [0.15, 0.2) is 0 Å². The minimum atomic E-state index is 0.0453. The van der Waals surface area contributed by atoms with Crippen LogP contribution in [-0.2, 0) is 11.2 Å². The van der Waals surface area contributed by atoms with Crippen LogP contribution in [0, 0.1) is 0 Å². The fraction of sp³-hybridized carbons (Fsp3) is 0.222. The van der Waals surface area contributed by atoms with Crippen molar-refractivity contribution in [3.63, 3.8) is 0 Å². The summed E-state index contributed by atoms with van der Waals surface area (Å²) in [7, 11) is 0. The van der Waals surface area contributed by atoms with Crippen molar-refractivity contribution in [3.8, 4) is 5.75 Å². The Hall–Kier alpha value is -1.02. The molecule has 1 N–H and O–H groups in total. The molecule has 1 aromatic rings. The van der Waals surface area contributed by atoms with Crippen molar-refractivity contribution in [2.24, 2.45) is 0 Å². The molecular weight excluding hydrogens is 176 g/mol. The molecule has 0 unspecified atom stereocenters. The maximum Gasteiger partial charge on any atom is 0.134 e. The largest absolute Gasteiger partial charge is 0.506 e. The summed E-state index contributed by atoms with van der Waals surface area (Å²) in [5.74, 6) is 0.126. The van der Waals surface area contributed by atoms with Crippen LogP contribution in [0.3, 0.4) is 0 Å². The summed E-state index contributed by atoms with van der Waals surface area (Å²) in [6.07, 6.45) is 0.361. The molecule has 0 bridgehead atoms. The summed E-state index contributed by atoms with van der Waals surface area (Å²) in [6, 6.07) is 4.77. The number of Topliss-reactive ketones (excluding diaryl/α,β-unsaturated/α-hetero) is 1. The minimum Gasteiger partial charge on any atom is -0.506 e. The van der Waals surface area contributed by atoms with E-state index in [2.05, 4.69) is 0 Å². The van der Waals surface area contributed by atoms with Crippen LogP contribution in [0.25, 0.3) is 0 Å². The zero-order valence-corrected chi connectivity index (χ0v) is 7.43. The van der Waals surface area contributed by atoms with Gasteiger partial charge in [0.1, 0.15) is 11.5 Å². The number of benzene rings is 1. The van der Waals surface area contributed by atoms with Gasteiger partial charge in [0.25, 0.3) is 0 Å². The normalized spacial score (nSPS) is 9.83. The molecule has 0 saturated heterocycles. The molecule has 0 fully saturated rings. The lowest BCUT2D eigenvalue weighted by Gasteiger charge is -1.99. The Bertz CT molecular complexity index is 307. The summed E-state index contributed by atoms with van der Waals surface area (Å²) >= 11 is 5.64. The van der Waals surface area contributed by atoms with Crippen LogP contribution in [-0.4, -0.2) is 10.9 Å². The van der Waals surface area contributed by atoms with Gasteiger partial charge in [-0.3, -0.25) is 4.79 Å². The second-order valence-corrected chi connectivity index (χ2v) is 3.07. The molecule has 0 spiro atoms. The van der Waals surface area contributed by atoms with Crippen molar-refractivity contribution >= 4 is 17.4 Å². The SMILES string of the molecule is CC(=O)Cc1ccc(O)c(Cl)c1. The molecule has 0 aromatic heterocycles. The third kappa shape index (κ3) is 2.24. The molecule has 0 aliphatic rings. The number of ketones is 1. The molecule has 12 heavy (non-hydrogen) atoms. The lowest BCUT2D eigenvalue weighted by Crippen LogP contribution is -1.95. The molecule has 2 nitrogen and oxygen atoms in total. The second-order valence-electron chi connectivity index (χ2n) is 2.66. The third-order valence-corrected chi connectivity index (χ3v) is 1.77. The molecule has 0 atom stereocenters. The van der Waals surface area contributed by atoms with Crippen molar-refractivity contribution < 1.29 is 9.90 Å². The Morgan fingerprint density at radius 3 is 2.75 bits per heavy atom. The molecular formula is C9H9ClO2. The number of phenols is 1. The van der Waals surface area contributed by atoms with Gasteiger partial charge >= 0.3 is 0 Å². The molecule has 1 rings (SSSR count). The van der Waals surface area contributed by atoms with Crippen LogP contribution in [0.1, 0.15) is 12.5 Å². The number of phenolic OH excluding ortho intramolecular Hbond substituents is 1. The van der Waals surface area contributed by atoms with E-state index in [1.54, 1.807) is 12.1 Å². The Labute approximate surface area is 75.8 Å². The highest BCUT2D eigenvalue weighted by atomic mass is 35.5. The molecule has 0 aliphatic carbocycles. The quantitative estimate of drug-likeness (QED) is 0.765. The van der Waals surface area contributed by atoms with E-state index in [9.17, 15) is 4.79 Å². The Balaban J connectivity index is 2.89. The van der Waals surface area contributed by atoms with Crippen molar-refractivity contribution in [3.05, 3.63) is 28.8 Å². The fourth-order valence-electron chi connectivity index (χ4n) is 0.948. The first-order valence-electron chi connectivity index (χ1n) is 3.56. The van der Waals surface area contributed by atoms with Gasteiger partial charge in [0, 0.05) is 6.42 Å². The molecule has 0 amide bonds. The van der Waals surface area contributed by atoms with Crippen LogP contribution in [0.4, 0.5) is 0 Å². The number of halogens is 1. The average Bonchev–Trinajstić information content (AvgIpc) is 1.96. The predicted molar refractivity (Wildman–Crippen MR) is 47.5 cm³/mol. The molecule has 0 heterocycles. The maximum absolute atomic E-state index is 10.7. The number of hydrogen-bond acceptors (Lipinski definition) is 2. The van der Waals surface area contributed by atoms with Gasteiger partial charge in [-0.05, 0) is 24.6 Å². The summed E-state index contributed by atoms with van der Waals surface area (Å²) in [6.45, 7) is 1.51. The highest BCUT2D eigenvalue weighted by molar-refractivity contribution is 6.32. The molecule has 0 radical (unpaired) electrons. The first-order valence-corrected chi connectivity index (χ1v) is 3.94. The summed E-state index contributed by atoms with van der Waals surface area (Å²) < 4.78 is 0. The van der Waals surface area contributed by atoms with Crippen LogP contribution < -0.4 is 0 Å². The lowest BCUT2D eigenvalue weighted by atomic mass is 10.1. The van der Waals surface area contributed by atoms with Gasteiger partial charge in [0.05, 0.1) is 5.02 Å². The van der Waals surface area contributed by atoms with Gasteiger partial charge in [-0.15, -0.1) is 0 Å². The monoisotopic (exact) mass is 184 g/mol. The molecule has 0 saturated carbocycles. The first-order chi connectivity index (χ1) is 5.59. The Kier molecular flexibility index (Phi) is 2.71. The van der Waals surface area contributed by atoms with E-state index in [0.717, 1.165) is 5.56 Å². The predicted octanol–water partition coefficient (Wildman–Crippen LogP) is 2.18.